The van der Waals surface area contributed by atoms with Crippen LogP contribution in [-0.2, 0) is 4.79 Å². The Balaban J connectivity index is 1.65. The standard InChI is InChI=1S/C14H27N3O2/c18-11-6-15-14(19)12-16-9-4-13(5-10-16)17-7-2-1-3-8-17/h13,18H,1-12H2,(H,15,19). The second-order valence-electron chi connectivity index (χ2n) is 5.68. The van der Waals surface area contributed by atoms with Gasteiger partial charge in [-0.3, -0.25) is 9.69 Å². The van der Waals surface area contributed by atoms with E-state index in [0.717, 1.165) is 19.1 Å². The van der Waals surface area contributed by atoms with Gasteiger partial charge in [0.25, 0.3) is 0 Å². The lowest BCUT2D eigenvalue weighted by Gasteiger charge is -2.40. The number of nitrogens with one attached hydrogen (secondary N) is 1. The highest BCUT2D eigenvalue weighted by Crippen LogP contribution is 2.20. The van der Waals surface area contributed by atoms with E-state index in [1.165, 1.54) is 45.2 Å². The zero-order chi connectivity index (χ0) is 13.5. The maximum absolute atomic E-state index is 11.6. The highest BCUT2D eigenvalue weighted by molar-refractivity contribution is 5.77. The van der Waals surface area contributed by atoms with E-state index in [2.05, 4.69) is 15.1 Å². The fourth-order valence-electron chi connectivity index (χ4n) is 3.18. The summed E-state index contributed by atoms with van der Waals surface area (Å²) in [5.41, 5.74) is 0. The van der Waals surface area contributed by atoms with Gasteiger partial charge in [0.15, 0.2) is 0 Å². The minimum atomic E-state index is 0.0166. The van der Waals surface area contributed by atoms with E-state index in [-0.39, 0.29) is 12.5 Å². The number of amides is 1. The number of hydrogen-bond donors (Lipinski definition) is 2. The van der Waals surface area contributed by atoms with Gasteiger partial charge in [-0.05, 0) is 38.8 Å². The number of likely N-dealkylation sites (tertiary alicyclic amines) is 2. The number of aliphatic hydroxyl groups is 1. The summed E-state index contributed by atoms with van der Waals surface area (Å²) in [7, 11) is 0. The van der Waals surface area contributed by atoms with E-state index in [9.17, 15) is 4.79 Å². The van der Waals surface area contributed by atoms with Crippen LogP contribution in [-0.4, -0.2) is 72.7 Å². The van der Waals surface area contributed by atoms with Crippen molar-refractivity contribution < 1.29 is 9.90 Å². The Morgan fingerprint density at radius 3 is 2.42 bits per heavy atom. The second-order valence-corrected chi connectivity index (χ2v) is 5.68. The fraction of sp³-hybridized carbons (Fsp3) is 0.929. The first-order valence-electron chi connectivity index (χ1n) is 7.63. The molecule has 19 heavy (non-hydrogen) atoms. The Kier molecular flexibility index (Phi) is 6.07. The molecule has 0 aliphatic carbocycles. The average Bonchev–Trinajstić information content (AvgIpc) is 2.47. The van der Waals surface area contributed by atoms with Crippen molar-refractivity contribution in [1.29, 1.82) is 0 Å². The lowest BCUT2D eigenvalue weighted by Crippen LogP contribution is -2.48. The van der Waals surface area contributed by atoms with E-state index >= 15 is 0 Å². The van der Waals surface area contributed by atoms with Crippen molar-refractivity contribution in [3.05, 3.63) is 0 Å². The van der Waals surface area contributed by atoms with Gasteiger partial charge in [0.05, 0.1) is 13.2 Å². The van der Waals surface area contributed by atoms with Crippen molar-refractivity contribution in [3.63, 3.8) is 0 Å². The minimum absolute atomic E-state index is 0.0166. The molecule has 2 aliphatic heterocycles. The van der Waals surface area contributed by atoms with Crippen LogP contribution in [0.15, 0.2) is 0 Å². The Bertz CT molecular complexity index is 272. The predicted octanol–water partition coefficient (Wildman–Crippen LogP) is 0.0452. The van der Waals surface area contributed by atoms with Crippen LogP contribution < -0.4 is 5.32 Å². The van der Waals surface area contributed by atoms with Crippen LogP contribution in [0.5, 0.6) is 0 Å². The molecule has 0 saturated carbocycles. The van der Waals surface area contributed by atoms with E-state index in [1.54, 1.807) is 0 Å². The molecule has 0 aromatic rings. The van der Waals surface area contributed by atoms with Gasteiger partial charge in [0.1, 0.15) is 0 Å². The molecule has 0 radical (unpaired) electrons. The second kappa shape index (κ2) is 7.82. The number of aliphatic hydroxyl groups excluding tert-OH is 1. The molecule has 0 unspecified atom stereocenters. The first-order chi connectivity index (χ1) is 9.29. The van der Waals surface area contributed by atoms with Gasteiger partial charge >= 0.3 is 0 Å². The molecule has 2 fully saturated rings. The highest BCUT2D eigenvalue weighted by atomic mass is 16.3. The van der Waals surface area contributed by atoms with Crippen LogP contribution in [0, 0.1) is 0 Å². The molecule has 110 valence electrons. The van der Waals surface area contributed by atoms with Crippen LogP contribution in [0.4, 0.5) is 0 Å². The van der Waals surface area contributed by atoms with Gasteiger partial charge < -0.3 is 15.3 Å². The molecule has 0 aromatic heterocycles. The number of nitrogens with zero attached hydrogens (tertiary/aromatic N) is 2. The van der Waals surface area contributed by atoms with Gasteiger partial charge in [-0.2, -0.15) is 0 Å². The van der Waals surface area contributed by atoms with Crippen molar-refractivity contribution >= 4 is 5.91 Å². The third-order valence-electron chi connectivity index (χ3n) is 4.27. The van der Waals surface area contributed by atoms with E-state index in [1.807, 2.05) is 0 Å². The number of carbonyl (C=O) groups is 1. The first kappa shape index (κ1) is 14.8. The summed E-state index contributed by atoms with van der Waals surface area (Å²) in [6.45, 7) is 5.43. The Morgan fingerprint density at radius 2 is 1.79 bits per heavy atom. The average molecular weight is 269 g/mol. The molecule has 0 aromatic carbocycles. The molecule has 0 atom stereocenters. The van der Waals surface area contributed by atoms with Gasteiger partial charge in [0, 0.05) is 25.7 Å². The smallest absolute Gasteiger partial charge is 0.234 e. The molecule has 1 amide bonds. The molecular formula is C14H27N3O2. The van der Waals surface area contributed by atoms with Gasteiger partial charge in [0.2, 0.25) is 5.91 Å². The zero-order valence-corrected chi connectivity index (χ0v) is 11.8. The van der Waals surface area contributed by atoms with Crippen molar-refractivity contribution in [2.75, 3.05) is 45.9 Å². The summed E-state index contributed by atoms with van der Waals surface area (Å²) in [6.07, 6.45) is 6.47. The largest absolute Gasteiger partial charge is 0.395 e. The maximum atomic E-state index is 11.6. The van der Waals surface area contributed by atoms with Crippen LogP contribution in [0.3, 0.4) is 0 Å². The summed E-state index contributed by atoms with van der Waals surface area (Å²) < 4.78 is 0. The van der Waals surface area contributed by atoms with Crippen LogP contribution in [0.1, 0.15) is 32.1 Å². The van der Waals surface area contributed by atoms with Crippen LogP contribution in [0.2, 0.25) is 0 Å². The molecule has 2 rings (SSSR count). The normalized spacial score (nSPS) is 23.4. The minimum Gasteiger partial charge on any atom is -0.395 e. The van der Waals surface area contributed by atoms with Gasteiger partial charge in [-0.15, -0.1) is 0 Å². The van der Waals surface area contributed by atoms with E-state index < -0.39 is 0 Å². The Labute approximate surface area is 115 Å². The number of piperidine rings is 2. The molecular weight excluding hydrogens is 242 g/mol. The molecule has 2 N–H and O–H groups in total. The van der Waals surface area contributed by atoms with E-state index in [0.29, 0.717) is 13.1 Å². The lowest BCUT2D eigenvalue weighted by atomic mass is 10.00. The molecule has 2 saturated heterocycles. The SMILES string of the molecule is O=C(CN1CCC(N2CCCCC2)CC1)NCCO. The Hall–Kier alpha value is -0.650. The van der Waals surface area contributed by atoms with Crippen molar-refractivity contribution in [2.24, 2.45) is 0 Å². The predicted molar refractivity (Wildman–Crippen MR) is 75.0 cm³/mol. The van der Waals surface area contributed by atoms with Crippen LogP contribution >= 0.6 is 0 Å². The van der Waals surface area contributed by atoms with Gasteiger partial charge in [-0.1, -0.05) is 6.42 Å². The zero-order valence-electron chi connectivity index (χ0n) is 11.8. The maximum Gasteiger partial charge on any atom is 0.234 e. The summed E-state index contributed by atoms with van der Waals surface area (Å²) in [5, 5.41) is 11.4. The van der Waals surface area contributed by atoms with Crippen molar-refractivity contribution in [1.82, 2.24) is 15.1 Å². The first-order valence-corrected chi connectivity index (χ1v) is 7.63. The lowest BCUT2D eigenvalue weighted by molar-refractivity contribution is -0.122. The van der Waals surface area contributed by atoms with Crippen LogP contribution in [0.25, 0.3) is 0 Å². The molecule has 0 spiro atoms. The molecule has 0 bridgehead atoms. The molecule has 2 heterocycles. The molecule has 5 nitrogen and oxygen atoms in total. The number of rotatable bonds is 5. The third kappa shape index (κ3) is 4.75. The fourth-order valence-corrected chi connectivity index (χ4v) is 3.18. The molecule has 2 aliphatic rings. The number of hydrogen-bond acceptors (Lipinski definition) is 4. The topological polar surface area (TPSA) is 55.8 Å². The summed E-state index contributed by atoms with van der Waals surface area (Å²) in [6, 6.07) is 0.733. The van der Waals surface area contributed by atoms with Crippen molar-refractivity contribution in [3.8, 4) is 0 Å². The Morgan fingerprint density at radius 1 is 1.11 bits per heavy atom. The quantitative estimate of drug-likeness (QED) is 0.740. The summed E-state index contributed by atoms with van der Waals surface area (Å²) in [5.74, 6) is 0.0328. The highest BCUT2D eigenvalue weighted by Gasteiger charge is 2.26. The van der Waals surface area contributed by atoms with Gasteiger partial charge in [-0.25, -0.2) is 0 Å². The van der Waals surface area contributed by atoms with Crippen molar-refractivity contribution in [2.45, 2.75) is 38.1 Å². The number of carbonyl (C=O) groups excluding carboxylic acids is 1. The summed E-state index contributed by atoms with van der Waals surface area (Å²) >= 11 is 0. The summed E-state index contributed by atoms with van der Waals surface area (Å²) in [4.78, 5) is 16.5. The monoisotopic (exact) mass is 269 g/mol. The third-order valence-corrected chi connectivity index (χ3v) is 4.27. The molecule has 5 heteroatoms. The van der Waals surface area contributed by atoms with E-state index in [4.69, 9.17) is 5.11 Å².